The maximum absolute atomic E-state index is 12.1. The van der Waals surface area contributed by atoms with Gasteiger partial charge in [0.2, 0.25) is 5.91 Å². The quantitative estimate of drug-likeness (QED) is 0.774. The molecule has 1 unspecified atom stereocenters. The van der Waals surface area contributed by atoms with Crippen molar-refractivity contribution in [2.75, 3.05) is 25.0 Å². The molecule has 130 valence electrons. The van der Waals surface area contributed by atoms with Crippen LogP contribution < -0.4 is 16.0 Å². The fourth-order valence-corrected chi connectivity index (χ4v) is 3.31. The van der Waals surface area contributed by atoms with Crippen molar-refractivity contribution in [3.63, 3.8) is 0 Å². The number of amides is 3. The van der Waals surface area contributed by atoms with E-state index in [0.29, 0.717) is 19.0 Å². The molecule has 2 fully saturated rings. The highest BCUT2D eigenvalue weighted by atomic mass is 16.2. The van der Waals surface area contributed by atoms with Gasteiger partial charge in [-0.25, -0.2) is 4.79 Å². The first-order valence-electron chi connectivity index (χ1n) is 8.86. The van der Waals surface area contributed by atoms with Gasteiger partial charge in [-0.15, -0.1) is 0 Å². The Labute approximate surface area is 143 Å². The van der Waals surface area contributed by atoms with E-state index in [1.807, 2.05) is 29.2 Å². The molecule has 6 nitrogen and oxygen atoms in total. The van der Waals surface area contributed by atoms with Crippen molar-refractivity contribution in [3.05, 3.63) is 29.8 Å². The Kier molecular flexibility index (Phi) is 5.69. The van der Waals surface area contributed by atoms with E-state index in [2.05, 4.69) is 16.0 Å². The van der Waals surface area contributed by atoms with Gasteiger partial charge < -0.3 is 20.9 Å². The van der Waals surface area contributed by atoms with Gasteiger partial charge in [-0.05, 0) is 49.9 Å². The number of hydrogen-bond donors (Lipinski definition) is 3. The van der Waals surface area contributed by atoms with Gasteiger partial charge in [0.25, 0.3) is 0 Å². The van der Waals surface area contributed by atoms with Crippen molar-refractivity contribution in [2.45, 2.75) is 44.7 Å². The number of nitrogens with one attached hydrogen (secondary N) is 3. The zero-order chi connectivity index (χ0) is 16.8. The Morgan fingerprint density at radius 1 is 1.21 bits per heavy atom. The second-order valence-corrected chi connectivity index (χ2v) is 6.60. The van der Waals surface area contributed by atoms with Crippen LogP contribution in [0.15, 0.2) is 24.3 Å². The van der Waals surface area contributed by atoms with Crippen LogP contribution in [-0.2, 0) is 11.3 Å². The second kappa shape index (κ2) is 8.15. The summed E-state index contributed by atoms with van der Waals surface area (Å²) in [4.78, 5) is 25.9. The number of nitrogens with zero attached hydrogens (tertiary/aromatic N) is 1. The number of urea groups is 1. The predicted molar refractivity (Wildman–Crippen MR) is 93.8 cm³/mol. The van der Waals surface area contributed by atoms with Crippen molar-refractivity contribution >= 4 is 17.6 Å². The summed E-state index contributed by atoms with van der Waals surface area (Å²) in [7, 11) is 0. The lowest BCUT2D eigenvalue weighted by Gasteiger charge is -2.16. The zero-order valence-corrected chi connectivity index (χ0v) is 14.0. The molecule has 3 rings (SSSR count). The van der Waals surface area contributed by atoms with Crippen molar-refractivity contribution in [3.8, 4) is 0 Å². The summed E-state index contributed by atoms with van der Waals surface area (Å²) in [6.07, 6.45) is 4.91. The first kappa shape index (κ1) is 16.8. The highest BCUT2D eigenvalue weighted by molar-refractivity contribution is 5.89. The van der Waals surface area contributed by atoms with E-state index in [0.717, 1.165) is 56.6 Å². The Hall–Kier alpha value is -2.08. The van der Waals surface area contributed by atoms with Gasteiger partial charge in [-0.1, -0.05) is 12.1 Å². The van der Waals surface area contributed by atoms with Crippen LogP contribution >= 0.6 is 0 Å². The molecule has 0 saturated carbocycles. The number of anilines is 1. The van der Waals surface area contributed by atoms with Gasteiger partial charge >= 0.3 is 6.03 Å². The molecule has 6 heteroatoms. The molecule has 0 radical (unpaired) electrons. The van der Waals surface area contributed by atoms with Gasteiger partial charge in [0.05, 0.1) is 0 Å². The van der Waals surface area contributed by atoms with Crippen LogP contribution in [0.25, 0.3) is 0 Å². The summed E-state index contributed by atoms with van der Waals surface area (Å²) in [5.74, 6) is 0.0703. The second-order valence-electron chi connectivity index (χ2n) is 6.60. The van der Waals surface area contributed by atoms with E-state index in [1.54, 1.807) is 0 Å². The Bertz CT molecular complexity index is 578. The molecule has 2 saturated heterocycles. The van der Waals surface area contributed by atoms with Crippen LogP contribution in [0.4, 0.5) is 10.5 Å². The van der Waals surface area contributed by atoms with E-state index >= 15 is 0 Å². The van der Waals surface area contributed by atoms with Crippen LogP contribution in [0.2, 0.25) is 0 Å². The van der Waals surface area contributed by atoms with Crippen LogP contribution in [0.1, 0.15) is 37.7 Å². The molecule has 0 spiro atoms. The minimum absolute atomic E-state index is 0.0407. The lowest BCUT2D eigenvalue weighted by Crippen LogP contribution is -2.32. The highest BCUT2D eigenvalue weighted by Gasteiger charge is 2.18. The number of likely N-dealkylation sites (tertiary alicyclic amines) is 1. The summed E-state index contributed by atoms with van der Waals surface area (Å²) in [5, 5.41) is 9.22. The number of carbonyl (C=O) groups is 2. The van der Waals surface area contributed by atoms with Crippen LogP contribution in [-0.4, -0.2) is 42.5 Å². The maximum Gasteiger partial charge on any atom is 0.321 e. The highest BCUT2D eigenvalue weighted by Crippen LogP contribution is 2.14. The molecule has 24 heavy (non-hydrogen) atoms. The minimum Gasteiger partial charge on any atom is -0.352 e. The van der Waals surface area contributed by atoms with Gasteiger partial charge in [-0.3, -0.25) is 4.79 Å². The van der Waals surface area contributed by atoms with E-state index in [9.17, 15) is 9.59 Å². The van der Waals surface area contributed by atoms with Gasteiger partial charge in [0.15, 0.2) is 0 Å². The third kappa shape index (κ3) is 4.71. The molecule has 1 aromatic rings. The first-order chi connectivity index (χ1) is 11.7. The summed E-state index contributed by atoms with van der Waals surface area (Å²) in [5.41, 5.74) is 1.76. The van der Waals surface area contributed by atoms with Crippen molar-refractivity contribution in [2.24, 2.45) is 0 Å². The number of hydrogen-bond acceptors (Lipinski definition) is 3. The monoisotopic (exact) mass is 330 g/mol. The summed E-state index contributed by atoms with van der Waals surface area (Å²) < 4.78 is 0. The van der Waals surface area contributed by atoms with Crippen LogP contribution in [0, 0.1) is 0 Å². The lowest BCUT2D eigenvalue weighted by molar-refractivity contribution is -0.121. The molecule has 1 aromatic carbocycles. The normalized spacial score (nSPS) is 20.2. The summed E-state index contributed by atoms with van der Waals surface area (Å²) >= 11 is 0. The molecular weight excluding hydrogens is 304 g/mol. The van der Waals surface area contributed by atoms with Gasteiger partial charge in [0.1, 0.15) is 0 Å². The van der Waals surface area contributed by atoms with Gasteiger partial charge in [-0.2, -0.15) is 0 Å². The lowest BCUT2D eigenvalue weighted by atomic mass is 10.1. The standard InChI is InChI=1S/C18H26N4O2/c23-17(12-15-7-4-8-19-15)20-13-14-5-3-6-16(11-14)21-18(24)22-9-1-2-10-22/h3,5-6,11,15,19H,1-2,4,7-10,12-13H2,(H,20,23)(H,21,24). The average Bonchev–Trinajstić information content (AvgIpc) is 3.27. The van der Waals surface area contributed by atoms with Gasteiger partial charge in [0, 0.05) is 37.8 Å². The number of rotatable bonds is 5. The van der Waals surface area contributed by atoms with Crippen molar-refractivity contribution in [1.29, 1.82) is 0 Å². The molecule has 0 aromatic heterocycles. The Morgan fingerprint density at radius 3 is 2.79 bits per heavy atom. The van der Waals surface area contributed by atoms with E-state index in [4.69, 9.17) is 0 Å². The maximum atomic E-state index is 12.1. The largest absolute Gasteiger partial charge is 0.352 e. The molecule has 0 aliphatic carbocycles. The number of carbonyl (C=O) groups excluding carboxylic acids is 2. The fraction of sp³-hybridized carbons (Fsp3) is 0.556. The zero-order valence-electron chi connectivity index (χ0n) is 14.0. The Morgan fingerprint density at radius 2 is 2.04 bits per heavy atom. The SMILES string of the molecule is O=C(CC1CCCN1)NCc1cccc(NC(=O)N2CCCC2)c1. The van der Waals surface area contributed by atoms with E-state index in [-0.39, 0.29) is 11.9 Å². The van der Waals surface area contributed by atoms with Crippen molar-refractivity contribution in [1.82, 2.24) is 15.5 Å². The molecule has 0 bridgehead atoms. The Balaban J connectivity index is 1.47. The fourth-order valence-electron chi connectivity index (χ4n) is 3.31. The molecule has 2 aliphatic rings. The van der Waals surface area contributed by atoms with Crippen LogP contribution in [0.5, 0.6) is 0 Å². The molecule has 1 atom stereocenters. The third-order valence-electron chi connectivity index (χ3n) is 4.66. The molecule has 3 N–H and O–H groups in total. The molecule has 3 amide bonds. The predicted octanol–water partition coefficient (Wildman–Crippen LogP) is 2.07. The first-order valence-corrected chi connectivity index (χ1v) is 8.86. The third-order valence-corrected chi connectivity index (χ3v) is 4.66. The minimum atomic E-state index is -0.0407. The number of benzene rings is 1. The van der Waals surface area contributed by atoms with Crippen LogP contribution in [0.3, 0.4) is 0 Å². The molecule has 2 aliphatic heterocycles. The molecule has 2 heterocycles. The van der Waals surface area contributed by atoms with E-state index in [1.165, 1.54) is 0 Å². The summed E-state index contributed by atoms with van der Waals surface area (Å²) in [6.45, 7) is 3.16. The average molecular weight is 330 g/mol. The topological polar surface area (TPSA) is 73.5 Å². The smallest absolute Gasteiger partial charge is 0.321 e. The molecular formula is C18H26N4O2. The summed E-state index contributed by atoms with van der Waals surface area (Å²) in [6, 6.07) is 7.93. The van der Waals surface area contributed by atoms with Crippen molar-refractivity contribution < 1.29 is 9.59 Å². The van der Waals surface area contributed by atoms with E-state index < -0.39 is 0 Å².